The molecule has 0 spiro atoms. The van der Waals surface area contributed by atoms with Gasteiger partial charge in [-0.1, -0.05) is 18.2 Å². The van der Waals surface area contributed by atoms with E-state index in [0.29, 0.717) is 5.75 Å². The van der Waals surface area contributed by atoms with E-state index in [1.54, 1.807) is 18.2 Å². The van der Waals surface area contributed by atoms with E-state index in [9.17, 15) is 24.8 Å². The molecule has 2 aromatic carbocycles. The van der Waals surface area contributed by atoms with Crippen LogP contribution in [0.5, 0.6) is 5.75 Å². The predicted octanol–water partition coefficient (Wildman–Crippen LogP) is 1.94. The number of fused-ring (bicyclic) bond motifs is 1. The van der Waals surface area contributed by atoms with Gasteiger partial charge in [-0.05, 0) is 30.7 Å². The quantitative estimate of drug-likeness (QED) is 0.481. The lowest BCUT2D eigenvalue weighted by molar-refractivity contribution is -0.385. The molecule has 0 saturated carbocycles. The van der Waals surface area contributed by atoms with Crippen LogP contribution in [0.4, 0.5) is 5.69 Å². The maximum Gasteiger partial charge on any atom is 0.282 e. The first-order valence-corrected chi connectivity index (χ1v) is 7.89. The van der Waals surface area contributed by atoms with Gasteiger partial charge in [-0.25, -0.2) is 0 Å². The molecule has 1 N–H and O–H groups in total. The van der Waals surface area contributed by atoms with Crippen molar-refractivity contribution in [2.45, 2.75) is 13.0 Å². The molecule has 1 aliphatic rings. The molecule has 0 radical (unpaired) electrons. The Hall–Kier alpha value is -3.26. The maximum absolute atomic E-state index is 12.4. The molecule has 26 heavy (non-hydrogen) atoms. The number of aliphatic hydroxyl groups is 1. The second-order valence-corrected chi connectivity index (χ2v) is 5.96. The first-order chi connectivity index (χ1) is 12.4. The summed E-state index contributed by atoms with van der Waals surface area (Å²) in [5.74, 6) is -0.891. The second kappa shape index (κ2) is 6.93. The SMILES string of the molecule is Cc1cccc(OC[C@H](O)CN2C(=O)c3cccc([N+](=O)[O-])c3C2=O)c1. The number of rotatable bonds is 6. The second-order valence-electron chi connectivity index (χ2n) is 5.96. The first kappa shape index (κ1) is 17.6. The molecule has 8 heteroatoms. The van der Waals surface area contributed by atoms with Crippen molar-refractivity contribution in [3.63, 3.8) is 0 Å². The Morgan fingerprint density at radius 2 is 1.92 bits per heavy atom. The number of carbonyl (C=O) groups excluding carboxylic acids is 2. The van der Waals surface area contributed by atoms with Crippen LogP contribution in [0.1, 0.15) is 26.3 Å². The monoisotopic (exact) mass is 356 g/mol. The molecule has 2 aromatic rings. The van der Waals surface area contributed by atoms with Crippen molar-refractivity contribution in [3.05, 3.63) is 69.3 Å². The zero-order chi connectivity index (χ0) is 18.8. The molecule has 0 bridgehead atoms. The van der Waals surface area contributed by atoms with Crippen molar-refractivity contribution in [2.75, 3.05) is 13.2 Å². The average molecular weight is 356 g/mol. The number of benzene rings is 2. The number of aryl methyl sites for hydroxylation is 1. The molecule has 1 heterocycles. The molecule has 0 saturated heterocycles. The standard InChI is InChI=1S/C18H16N2O6/c1-11-4-2-5-13(8-11)26-10-12(21)9-19-17(22)14-6-3-7-15(20(24)25)16(14)18(19)23/h2-8,12,21H,9-10H2,1H3/t12-/m1/s1. The molecule has 0 aromatic heterocycles. The van der Waals surface area contributed by atoms with Gasteiger partial charge in [0.1, 0.15) is 24.0 Å². The summed E-state index contributed by atoms with van der Waals surface area (Å²) < 4.78 is 5.46. The van der Waals surface area contributed by atoms with Crippen molar-refractivity contribution < 1.29 is 24.4 Å². The minimum atomic E-state index is -1.13. The Balaban J connectivity index is 1.70. The topological polar surface area (TPSA) is 110 Å². The molecule has 2 amide bonds. The fraction of sp³-hybridized carbons (Fsp3) is 0.222. The number of nitro benzene ring substituents is 1. The Kier molecular flexibility index (Phi) is 4.68. The molecule has 0 fully saturated rings. The van der Waals surface area contributed by atoms with E-state index in [1.807, 2.05) is 13.0 Å². The van der Waals surface area contributed by atoms with Crippen LogP contribution in [0, 0.1) is 17.0 Å². The van der Waals surface area contributed by atoms with Gasteiger partial charge in [-0.2, -0.15) is 0 Å². The molecule has 1 atom stereocenters. The fourth-order valence-corrected chi connectivity index (χ4v) is 2.79. The Labute approximate surface area is 148 Å². The Morgan fingerprint density at radius 1 is 1.19 bits per heavy atom. The smallest absolute Gasteiger partial charge is 0.282 e. The minimum absolute atomic E-state index is 0.0315. The lowest BCUT2D eigenvalue weighted by Crippen LogP contribution is -2.39. The number of aliphatic hydroxyl groups excluding tert-OH is 1. The van der Waals surface area contributed by atoms with Crippen LogP contribution in [-0.2, 0) is 0 Å². The summed E-state index contributed by atoms with van der Waals surface area (Å²) in [6.07, 6.45) is -1.13. The number of amides is 2. The normalized spacial score (nSPS) is 14.3. The third-order valence-corrected chi connectivity index (χ3v) is 4.00. The average Bonchev–Trinajstić information content (AvgIpc) is 2.85. The van der Waals surface area contributed by atoms with Gasteiger partial charge in [0, 0.05) is 6.07 Å². The van der Waals surface area contributed by atoms with Crippen LogP contribution in [0.15, 0.2) is 42.5 Å². The molecule has 3 rings (SSSR count). The van der Waals surface area contributed by atoms with E-state index < -0.39 is 28.5 Å². The van der Waals surface area contributed by atoms with Crippen LogP contribution >= 0.6 is 0 Å². The lowest BCUT2D eigenvalue weighted by Gasteiger charge is -2.18. The summed E-state index contributed by atoms with van der Waals surface area (Å²) in [6.45, 7) is 1.46. The zero-order valence-electron chi connectivity index (χ0n) is 13.9. The van der Waals surface area contributed by atoms with Crippen molar-refractivity contribution in [1.29, 1.82) is 0 Å². The third kappa shape index (κ3) is 3.27. The summed E-state index contributed by atoms with van der Waals surface area (Å²) in [6, 6.07) is 11.1. The fourth-order valence-electron chi connectivity index (χ4n) is 2.79. The van der Waals surface area contributed by atoms with Crippen molar-refractivity contribution in [2.24, 2.45) is 0 Å². The highest BCUT2D eigenvalue weighted by atomic mass is 16.6. The summed E-state index contributed by atoms with van der Waals surface area (Å²) in [5.41, 5.74) is 0.295. The molecular formula is C18H16N2O6. The molecule has 0 aliphatic carbocycles. The van der Waals surface area contributed by atoms with Gasteiger partial charge in [-0.15, -0.1) is 0 Å². The van der Waals surface area contributed by atoms with Crippen LogP contribution in [0.25, 0.3) is 0 Å². The van der Waals surface area contributed by atoms with Gasteiger partial charge in [0.15, 0.2) is 0 Å². The van der Waals surface area contributed by atoms with E-state index in [4.69, 9.17) is 4.74 Å². The highest BCUT2D eigenvalue weighted by Crippen LogP contribution is 2.30. The summed E-state index contributed by atoms with van der Waals surface area (Å²) in [4.78, 5) is 36.0. The lowest BCUT2D eigenvalue weighted by atomic mass is 10.1. The molecule has 0 unspecified atom stereocenters. The van der Waals surface area contributed by atoms with Crippen molar-refractivity contribution in [1.82, 2.24) is 4.90 Å². The highest BCUT2D eigenvalue weighted by molar-refractivity contribution is 6.23. The van der Waals surface area contributed by atoms with Crippen LogP contribution < -0.4 is 4.74 Å². The predicted molar refractivity (Wildman–Crippen MR) is 91.1 cm³/mol. The number of hydrogen-bond acceptors (Lipinski definition) is 6. The number of β-amino-alcohol motifs (C(OH)–C–C–N with tert-alkyl or cyclic N) is 1. The molecule has 134 valence electrons. The molecule has 8 nitrogen and oxygen atoms in total. The number of nitrogens with zero attached hydrogens (tertiary/aromatic N) is 2. The van der Waals surface area contributed by atoms with Crippen LogP contribution in [0.2, 0.25) is 0 Å². The van der Waals surface area contributed by atoms with E-state index >= 15 is 0 Å². The largest absolute Gasteiger partial charge is 0.491 e. The van der Waals surface area contributed by atoms with Gasteiger partial charge < -0.3 is 9.84 Å². The third-order valence-electron chi connectivity index (χ3n) is 4.00. The Bertz CT molecular complexity index is 895. The number of ether oxygens (including phenoxy) is 1. The van der Waals surface area contributed by atoms with Gasteiger partial charge in [-0.3, -0.25) is 24.6 Å². The first-order valence-electron chi connectivity index (χ1n) is 7.89. The molecular weight excluding hydrogens is 340 g/mol. The number of imide groups is 1. The number of hydrogen-bond donors (Lipinski definition) is 1. The number of carbonyl (C=O) groups is 2. The van der Waals surface area contributed by atoms with Gasteiger partial charge in [0.2, 0.25) is 0 Å². The highest BCUT2D eigenvalue weighted by Gasteiger charge is 2.41. The maximum atomic E-state index is 12.4. The van der Waals surface area contributed by atoms with Crippen molar-refractivity contribution >= 4 is 17.5 Å². The van der Waals surface area contributed by atoms with Crippen molar-refractivity contribution in [3.8, 4) is 5.75 Å². The van der Waals surface area contributed by atoms with Crippen LogP contribution in [0.3, 0.4) is 0 Å². The van der Waals surface area contributed by atoms with E-state index in [0.717, 1.165) is 10.5 Å². The molecule has 1 aliphatic heterocycles. The summed E-state index contributed by atoms with van der Waals surface area (Å²) >= 11 is 0. The minimum Gasteiger partial charge on any atom is -0.491 e. The summed E-state index contributed by atoms with van der Waals surface area (Å²) in [5, 5.41) is 21.2. The number of nitro groups is 1. The van der Waals surface area contributed by atoms with Gasteiger partial charge in [0.25, 0.3) is 17.5 Å². The Morgan fingerprint density at radius 3 is 2.62 bits per heavy atom. The van der Waals surface area contributed by atoms with Crippen LogP contribution in [-0.4, -0.2) is 46.0 Å². The van der Waals surface area contributed by atoms with E-state index in [1.165, 1.54) is 18.2 Å². The summed E-state index contributed by atoms with van der Waals surface area (Å²) in [7, 11) is 0. The van der Waals surface area contributed by atoms with Gasteiger partial charge >= 0.3 is 0 Å². The van der Waals surface area contributed by atoms with E-state index in [2.05, 4.69) is 0 Å². The van der Waals surface area contributed by atoms with E-state index in [-0.39, 0.29) is 24.3 Å². The van der Waals surface area contributed by atoms with Gasteiger partial charge in [0.05, 0.1) is 17.0 Å². The zero-order valence-corrected chi connectivity index (χ0v) is 13.9.